The van der Waals surface area contributed by atoms with Crippen molar-refractivity contribution in [2.24, 2.45) is 10.1 Å². The molecule has 0 unspecified atom stereocenters. The Morgan fingerprint density at radius 1 is 1.08 bits per heavy atom. The van der Waals surface area contributed by atoms with Gasteiger partial charge in [-0.25, -0.2) is 5.01 Å². The molecule has 0 saturated heterocycles. The van der Waals surface area contributed by atoms with Crippen LogP contribution in [0.3, 0.4) is 0 Å². The first-order valence-corrected chi connectivity index (χ1v) is 13.5. The molecule has 7 nitrogen and oxygen atoms in total. The molecule has 194 valence electrons. The van der Waals surface area contributed by atoms with Crippen molar-refractivity contribution in [1.29, 1.82) is 0 Å². The largest absolute Gasteiger partial charge is 0.497 e. The van der Waals surface area contributed by atoms with Gasteiger partial charge in [0, 0.05) is 23.6 Å². The predicted molar refractivity (Wildman–Crippen MR) is 153 cm³/mol. The molecule has 5 rings (SSSR count). The highest BCUT2D eigenvalue weighted by atomic mass is 35.5. The first kappa shape index (κ1) is 26.0. The zero-order valence-corrected chi connectivity index (χ0v) is 22.8. The van der Waals surface area contributed by atoms with Crippen molar-refractivity contribution < 1.29 is 14.3 Å². The van der Waals surface area contributed by atoms with Crippen molar-refractivity contribution in [1.82, 2.24) is 5.01 Å². The lowest BCUT2D eigenvalue weighted by Gasteiger charge is -2.23. The molecule has 3 aromatic carbocycles. The van der Waals surface area contributed by atoms with Crippen LogP contribution in [-0.2, 0) is 9.59 Å². The van der Waals surface area contributed by atoms with E-state index in [9.17, 15) is 9.59 Å². The molecule has 0 aliphatic carbocycles. The number of aryl methyl sites for hydroxylation is 2. The number of nitrogens with one attached hydrogen (secondary N) is 1. The molecule has 0 radical (unpaired) electrons. The Kier molecular flexibility index (Phi) is 7.53. The van der Waals surface area contributed by atoms with Gasteiger partial charge in [0.2, 0.25) is 5.91 Å². The Morgan fingerprint density at radius 2 is 1.76 bits per heavy atom. The molecule has 1 N–H and O–H groups in total. The van der Waals surface area contributed by atoms with Crippen molar-refractivity contribution in [2.45, 2.75) is 38.0 Å². The van der Waals surface area contributed by atoms with E-state index in [2.05, 4.69) is 10.3 Å². The highest BCUT2D eigenvalue weighted by Crippen LogP contribution is 2.39. The van der Waals surface area contributed by atoms with Crippen molar-refractivity contribution in [2.75, 3.05) is 12.4 Å². The van der Waals surface area contributed by atoms with E-state index in [-0.39, 0.29) is 24.3 Å². The standard InChI is InChI=1S/C29H27ClN4O3S/c1-17-12-18(2)14-22(13-17)31-27(35)16-26-28(36)32-29(38-26)34-25(20-6-10-23(37-3)11-7-20)15-24(33-34)19-4-8-21(30)9-5-19/h4-14,25-26H,15-16H2,1-3H3,(H,31,35)/t25-,26+/m1/s1. The minimum atomic E-state index is -0.609. The van der Waals surface area contributed by atoms with E-state index in [1.165, 1.54) is 11.8 Å². The summed E-state index contributed by atoms with van der Waals surface area (Å²) in [5.41, 5.74) is 5.69. The quantitative estimate of drug-likeness (QED) is 0.401. The molecular weight excluding hydrogens is 520 g/mol. The number of rotatable bonds is 6. The van der Waals surface area contributed by atoms with Gasteiger partial charge in [-0.1, -0.05) is 53.7 Å². The normalized spacial score (nSPS) is 18.8. The Balaban J connectivity index is 1.35. The molecule has 9 heteroatoms. The Morgan fingerprint density at radius 3 is 2.42 bits per heavy atom. The van der Waals surface area contributed by atoms with Crippen LogP contribution in [0.4, 0.5) is 5.69 Å². The summed E-state index contributed by atoms with van der Waals surface area (Å²) >= 11 is 7.37. The summed E-state index contributed by atoms with van der Waals surface area (Å²) in [6, 6.07) is 21.0. The number of ether oxygens (including phenoxy) is 1. The third kappa shape index (κ3) is 5.76. The van der Waals surface area contributed by atoms with Crippen LogP contribution in [-0.4, -0.2) is 40.1 Å². The lowest BCUT2D eigenvalue weighted by Crippen LogP contribution is -2.25. The van der Waals surface area contributed by atoms with Gasteiger partial charge in [-0.3, -0.25) is 9.59 Å². The highest BCUT2D eigenvalue weighted by molar-refractivity contribution is 8.15. The summed E-state index contributed by atoms with van der Waals surface area (Å²) in [5.74, 6) is 0.203. The van der Waals surface area contributed by atoms with Gasteiger partial charge in [0.05, 0.1) is 18.9 Å². The van der Waals surface area contributed by atoms with E-state index in [0.717, 1.165) is 39.4 Å². The van der Waals surface area contributed by atoms with Gasteiger partial charge in [-0.05, 0) is 72.5 Å². The van der Waals surface area contributed by atoms with Crippen LogP contribution in [0.2, 0.25) is 5.02 Å². The number of anilines is 1. The van der Waals surface area contributed by atoms with E-state index in [1.807, 2.05) is 80.6 Å². The Hall–Kier alpha value is -3.62. The van der Waals surface area contributed by atoms with Crippen molar-refractivity contribution >= 4 is 51.7 Å². The third-order valence-corrected chi connectivity index (χ3v) is 7.78. The first-order chi connectivity index (χ1) is 18.3. The number of hydrogen-bond acceptors (Lipinski definition) is 6. The third-order valence-electron chi connectivity index (χ3n) is 6.39. The molecule has 0 fully saturated rings. The summed E-state index contributed by atoms with van der Waals surface area (Å²) in [6.07, 6.45) is 0.651. The number of carbonyl (C=O) groups is 2. The van der Waals surface area contributed by atoms with Crippen LogP contribution >= 0.6 is 23.4 Å². The van der Waals surface area contributed by atoms with Crippen LogP contribution in [0, 0.1) is 13.8 Å². The molecule has 2 atom stereocenters. The summed E-state index contributed by atoms with van der Waals surface area (Å²) in [7, 11) is 1.63. The second kappa shape index (κ2) is 11.0. The Labute approximate surface area is 230 Å². The van der Waals surface area contributed by atoms with Crippen molar-refractivity contribution in [3.63, 3.8) is 0 Å². The molecule has 38 heavy (non-hydrogen) atoms. The Bertz CT molecular complexity index is 1420. The summed E-state index contributed by atoms with van der Waals surface area (Å²) in [5, 5.41) is 10.1. The molecule has 2 amide bonds. The summed E-state index contributed by atoms with van der Waals surface area (Å²) in [6.45, 7) is 3.96. The first-order valence-electron chi connectivity index (χ1n) is 12.2. The number of methoxy groups -OCH3 is 1. The number of amides is 2. The van der Waals surface area contributed by atoms with E-state index < -0.39 is 5.25 Å². The number of hydrazone groups is 1. The maximum atomic E-state index is 12.9. The van der Waals surface area contributed by atoms with Crippen LogP contribution in [0.25, 0.3) is 0 Å². The number of benzene rings is 3. The molecule has 2 aliphatic heterocycles. The van der Waals surface area contributed by atoms with Crippen LogP contribution in [0.15, 0.2) is 76.8 Å². The fourth-order valence-corrected chi connectivity index (χ4v) is 5.81. The maximum Gasteiger partial charge on any atom is 0.262 e. The van der Waals surface area contributed by atoms with Crippen LogP contribution in [0.5, 0.6) is 5.75 Å². The number of halogens is 1. The molecule has 0 bridgehead atoms. The van der Waals surface area contributed by atoms with Crippen LogP contribution in [0.1, 0.15) is 41.1 Å². The second-order valence-electron chi connectivity index (χ2n) is 9.36. The molecule has 0 aromatic heterocycles. The molecular formula is C29H27ClN4O3S. The highest BCUT2D eigenvalue weighted by Gasteiger charge is 2.39. The average Bonchev–Trinajstić information content (AvgIpc) is 3.48. The molecule has 2 heterocycles. The number of thioether (sulfide) groups is 1. The van der Waals surface area contributed by atoms with Gasteiger partial charge in [0.1, 0.15) is 11.0 Å². The molecule has 3 aromatic rings. The van der Waals surface area contributed by atoms with Gasteiger partial charge in [-0.15, -0.1) is 0 Å². The average molecular weight is 547 g/mol. The summed E-state index contributed by atoms with van der Waals surface area (Å²) in [4.78, 5) is 30.0. The van der Waals surface area contributed by atoms with E-state index in [0.29, 0.717) is 16.6 Å². The van der Waals surface area contributed by atoms with Gasteiger partial charge in [0.15, 0.2) is 5.17 Å². The molecule has 0 saturated carbocycles. The van der Waals surface area contributed by atoms with Gasteiger partial charge < -0.3 is 10.1 Å². The zero-order valence-electron chi connectivity index (χ0n) is 21.3. The van der Waals surface area contributed by atoms with E-state index in [4.69, 9.17) is 21.4 Å². The monoisotopic (exact) mass is 546 g/mol. The van der Waals surface area contributed by atoms with Crippen LogP contribution < -0.4 is 10.1 Å². The van der Waals surface area contributed by atoms with Crippen molar-refractivity contribution in [3.8, 4) is 5.75 Å². The lowest BCUT2D eigenvalue weighted by molar-refractivity contribution is -0.121. The molecule has 2 aliphatic rings. The number of hydrogen-bond donors (Lipinski definition) is 1. The lowest BCUT2D eigenvalue weighted by atomic mass is 9.98. The fraction of sp³-hybridized carbons (Fsp3) is 0.241. The zero-order chi connectivity index (χ0) is 26.8. The SMILES string of the molecule is COc1ccc([C@H]2CC(c3ccc(Cl)cc3)=NN2C2=NC(=O)[C@H](CC(=O)Nc3cc(C)cc(C)c3)S2)cc1. The summed E-state index contributed by atoms with van der Waals surface area (Å²) < 4.78 is 5.32. The second-order valence-corrected chi connectivity index (χ2v) is 11.0. The van der Waals surface area contributed by atoms with Gasteiger partial charge >= 0.3 is 0 Å². The van der Waals surface area contributed by atoms with Crippen molar-refractivity contribution in [3.05, 3.63) is 94.0 Å². The topological polar surface area (TPSA) is 83.4 Å². The predicted octanol–water partition coefficient (Wildman–Crippen LogP) is 6.14. The minimum Gasteiger partial charge on any atom is -0.497 e. The van der Waals surface area contributed by atoms with Gasteiger partial charge in [-0.2, -0.15) is 10.1 Å². The fourth-order valence-electron chi connectivity index (χ4n) is 4.62. The minimum absolute atomic E-state index is 0.0261. The smallest absolute Gasteiger partial charge is 0.262 e. The number of amidine groups is 1. The van der Waals surface area contributed by atoms with E-state index in [1.54, 1.807) is 12.1 Å². The number of carbonyl (C=O) groups excluding carboxylic acids is 2. The van der Waals surface area contributed by atoms with Gasteiger partial charge in [0.25, 0.3) is 5.91 Å². The maximum absolute atomic E-state index is 12.9. The number of aliphatic imine (C=N–C) groups is 1. The number of nitrogens with zero attached hydrogens (tertiary/aromatic N) is 3. The molecule has 0 spiro atoms. The van der Waals surface area contributed by atoms with E-state index >= 15 is 0 Å².